The molecule has 1 saturated heterocycles. The zero-order valence-electron chi connectivity index (χ0n) is 17.4. The van der Waals surface area contributed by atoms with Crippen molar-refractivity contribution in [3.8, 4) is 11.4 Å². The van der Waals surface area contributed by atoms with Crippen molar-refractivity contribution >= 4 is 33.2 Å². The number of anilines is 1. The molecular formula is C21H22ClN5O4S. The van der Waals surface area contributed by atoms with Crippen LogP contribution < -0.4 is 10.1 Å². The van der Waals surface area contributed by atoms with Crippen LogP contribution in [0.15, 0.2) is 53.6 Å². The summed E-state index contributed by atoms with van der Waals surface area (Å²) in [5.41, 5.74) is 0.951. The molecule has 2 aromatic carbocycles. The molecule has 1 aliphatic heterocycles. The molecule has 4 rings (SSSR count). The van der Waals surface area contributed by atoms with Gasteiger partial charge in [-0.1, -0.05) is 28.9 Å². The maximum atomic E-state index is 13.1. The second-order valence-electron chi connectivity index (χ2n) is 7.16. The number of benzene rings is 2. The predicted molar refractivity (Wildman–Crippen MR) is 120 cm³/mol. The van der Waals surface area contributed by atoms with E-state index in [1.807, 2.05) is 0 Å². The van der Waals surface area contributed by atoms with E-state index in [2.05, 4.69) is 15.6 Å². The number of carbonyl (C=O) groups is 1. The summed E-state index contributed by atoms with van der Waals surface area (Å²) in [4.78, 5) is 12.7. The normalized spacial score (nSPS) is 14.4. The molecule has 32 heavy (non-hydrogen) atoms. The molecule has 1 fully saturated rings. The Balaban J connectivity index is 1.59. The quantitative estimate of drug-likeness (QED) is 0.561. The smallest absolute Gasteiger partial charge is 0.277 e. The standard InChI is InChI=1S/C21H22ClN5O4S/c1-2-31-19-10-9-15(13-20(19)32(29,30)26-11-5-6-12-26)23-21(28)17-14-27(25-24-17)18-8-4-3-7-16(18)22/h3-4,7-10,13-14H,2,5-6,11-12H2,1H3,(H,23,28). The minimum Gasteiger partial charge on any atom is -0.492 e. The van der Waals surface area contributed by atoms with Crippen molar-refractivity contribution in [3.05, 3.63) is 59.4 Å². The number of carbonyl (C=O) groups excluding carboxylic acids is 1. The Morgan fingerprint density at radius 1 is 1.19 bits per heavy atom. The van der Waals surface area contributed by atoms with Gasteiger partial charge in [0.25, 0.3) is 5.91 Å². The van der Waals surface area contributed by atoms with Crippen LogP contribution in [0.25, 0.3) is 5.69 Å². The van der Waals surface area contributed by atoms with Crippen molar-refractivity contribution in [2.75, 3.05) is 25.0 Å². The largest absolute Gasteiger partial charge is 0.492 e. The van der Waals surface area contributed by atoms with Crippen molar-refractivity contribution in [3.63, 3.8) is 0 Å². The lowest BCUT2D eigenvalue weighted by atomic mass is 10.3. The fourth-order valence-corrected chi connectivity index (χ4v) is 5.34. The summed E-state index contributed by atoms with van der Waals surface area (Å²) in [6, 6.07) is 11.6. The molecule has 0 saturated carbocycles. The first-order chi connectivity index (χ1) is 15.4. The van der Waals surface area contributed by atoms with Gasteiger partial charge in [-0.05, 0) is 50.1 Å². The fraction of sp³-hybridized carbons (Fsp3) is 0.286. The fourth-order valence-electron chi connectivity index (χ4n) is 3.45. The molecule has 0 spiro atoms. The molecule has 1 amide bonds. The van der Waals surface area contributed by atoms with Crippen molar-refractivity contribution in [1.82, 2.24) is 19.3 Å². The van der Waals surface area contributed by atoms with Gasteiger partial charge in [-0.3, -0.25) is 4.79 Å². The molecule has 9 nitrogen and oxygen atoms in total. The average molecular weight is 476 g/mol. The van der Waals surface area contributed by atoms with Gasteiger partial charge in [0.05, 0.1) is 23.5 Å². The van der Waals surface area contributed by atoms with Crippen molar-refractivity contribution in [2.24, 2.45) is 0 Å². The van der Waals surface area contributed by atoms with E-state index in [0.29, 0.717) is 36.1 Å². The molecule has 0 unspecified atom stereocenters. The molecule has 1 N–H and O–H groups in total. The number of amides is 1. The van der Waals surface area contributed by atoms with Crippen molar-refractivity contribution < 1.29 is 17.9 Å². The number of aromatic nitrogens is 3. The van der Waals surface area contributed by atoms with E-state index >= 15 is 0 Å². The Kier molecular flexibility index (Phi) is 6.45. The van der Waals surface area contributed by atoms with E-state index in [1.54, 1.807) is 43.3 Å². The number of ether oxygens (including phenoxy) is 1. The zero-order valence-corrected chi connectivity index (χ0v) is 18.9. The van der Waals surface area contributed by atoms with Gasteiger partial charge < -0.3 is 10.1 Å². The second-order valence-corrected chi connectivity index (χ2v) is 9.47. The number of hydrogen-bond acceptors (Lipinski definition) is 6. The maximum absolute atomic E-state index is 13.1. The summed E-state index contributed by atoms with van der Waals surface area (Å²) < 4.78 is 34.6. The molecular weight excluding hydrogens is 454 g/mol. The lowest BCUT2D eigenvalue weighted by Gasteiger charge is -2.19. The van der Waals surface area contributed by atoms with Gasteiger partial charge in [0.15, 0.2) is 5.69 Å². The van der Waals surface area contributed by atoms with E-state index in [1.165, 1.54) is 21.3 Å². The topological polar surface area (TPSA) is 106 Å². The molecule has 0 aliphatic carbocycles. The molecule has 1 aliphatic rings. The van der Waals surface area contributed by atoms with E-state index < -0.39 is 15.9 Å². The summed E-state index contributed by atoms with van der Waals surface area (Å²) in [5.74, 6) is -0.279. The van der Waals surface area contributed by atoms with Crippen molar-refractivity contribution in [2.45, 2.75) is 24.7 Å². The third kappa shape index (κ3) is 4.47. The predicted octanol–water partition coefficient (Wildman–Crippen LogP) is 3.36. The van der Waals surface area contributed by atoms with Crippen LogP contribution in [-0.4, -0.2) is 53.3 Å². The Morgan fingerprint density at radius 3 is 2.66 bits per heavy atom. The number of rotatable bonds is 7. The monoisotopic (exact) mass is 475 g/mol. The lowest BCUT2D eigenvalue weighted by Crippen LogP contribution is -2.28. The highest BCUT2D eigenvalue weighted by atomic mass is 35.5. The van der Waals surface area contributed by atoms with Crippen LogP contribution in [0.5, 0.6) is 5.75 Å². The molecule has 0 atom stereocenters. The summed E-state index contributed by atoms with van der Waals surface area (Å²) in [6.45, 7) is 3.04. The Morgan fingerprint density at radius 2 is 1.94 bits per heavy atom. The van der Waals surface area contributed by atoms with Crippen LogP contribution >= 0.6 is 11.6 Å². The summed E-state index contributed by atoms with van der Waals surface area (Å²) in [6.07, 6.45) is 3.09. The maximum Gasteiger partial charge on any atom is 0.277 e. The highest BCUT2D eigenvalue weighted by Gasteiger charge is 2.30. The third-order valence-corrected chi connectivity index (χ3v) is 7.25. The molecule has 11 heteroatoms. The summed E-state index contributed by atoms with van der Waals surface area (Å²) >= 11 is 6.17. The number of nitrogens with one attached hydrogen (secondary N) is 1. The summed E-state index contributed by atoms with van der Waals surface area (Å²) in [7, 11) is -3.74. The molecule has 1 aromatic heterocycles. The second kappa shape index (κ2) is 9.27. The van der Waals surface area contributed by atoms with Gasteiger partial charge in [-0.2, -0.15) is 4.31 Å². The zero-order chi connectivity index (χ0) is 22.7. The van der Waals surface area contributed by atoms with Gasteiger partial charge in [-0.15, -0.1) is 5.10 Å². The Hall–Kier alpha value is -2.95. The number of hydrogen-bond donors (Lipinski definition) is 1. The lowest BCUT2D eigenvalue weighted by molar-refractivity contribution is 0.102. The van der Waals surface area contributed by atoms with Gasteiger partial charge >= 0.3 is 0 Å². The van der Waals surface area contributed by atoms with E-state index in [4.69, 9.17) is 16.3 Å². The van der Waals surface area contributed by atoms with Crippen LogP contribution in [-0.2, 0) is 10.0 Å². The summed E-state index contributed by atoms with van der Waals surface area (Å²) in [5, 5.41) is 11.0. The highest BCUT2D eigenvalue weighted by Crippen LogP contribution is 2.31. The Bertz CT molecular complexity index is 1240. The van der Waals surface area contributed by atoms with Gasteiger partial charge in [0.2, 0.25) is 10.0 Å². The first-order valence-electron chi connectivity index (χ1n) is 10.2. The SMILES string of the molecule is CCOc1ccc(NC(=O)c2cn(-c3ccccc3Cl)nn2)cc1S(=O)(=O)N1CCCC1. The molecule has 2 heterocycles. The minimum atomic E-state index is -3.74. The first kappa shape index (κ1) is 22.3. The van der Waals surface area contributed by atoms with Crippen LogP contribution in [0.3, 0.4) is 0 Å². The van der Waals surface area contributed by atoms with E-state index in [-0.39, 0.29) is 16.3 Å². The third-order valence-electron chi connectivity index (χ3n) is 5.01. The highest BCUT2D eigenvalue weighted by molar-refractivity contribution is 7.89. The number of nitrogens with zero attached hydrogens (tertiary/aromatic N) is 4. The van der Waals surface area contributed by atoms with Crippen LogP contribution in [0.2, 0.25) is 5.02 Å². The average Bonchev–Trinajstić information content (AvgIpc) is 3.48. The minimum absolute atomic E-state index is 0.0266. The molecule has 0 radical (unpaired) electrons. The Labute approximate surface area is 191 Å². The van der Waals surface area contributed by atoms with E-state index in [9.17, 15) is 13.2 Å². The number of halogens is 1. The molecule has 0 bridgehead atoms. The first-order valence-corrected chi connectivity index (χ1v) is 12.0. The molecule has 168 valence electrons. The van der Waals surface area contributed by atoms with Gasteiger partial charge in [0.1, 0.15) is 10.6 Å². The van der Waals surface area contributed by atoms with Gasteiger partial charge in [0, 0.05) is 18.8 Å². The number of para-hydroxylation sites is 1. The van der Waals surface area contributed by atoms with Crippen LogP contribution in [0.4, 0.5) is 5.69 Å². The van der Waals surface area contributed by atoms with Crippen molar-refractivity contribution in [1.29, 1.82) is 0 Å². The molecule has 3 aromatic rings. The van der Waals surface area contributed by atoms with Crippen LogP contribution in [0.1, 0.15) is 30.3 Å². The van der Waals surface area contributed by atoms with Gasteiger partial charge in [-0.25, -0.2) is 13.1 Å². The van der Waals surface area contributed by atoms with E-state index in [0.717, 1.165) is 12.8 Å². The number of sulfonamides is 1. The van der Waals surface area contributed by atoms with Crippen LogP contribution in [0, 0.1) is 0 Å².